The molecule has 0 aliphatic carbocycles. The molecule has 2 N–H and O–H groups in total. The lowest BCUT2D eigenvalue weighted by molar-refractivity contribution is -0.141. The van der Waals surface area contributed by atoms with Crippen LogP contribution in [0.4, 0.5) is 0 Å². The fourth-order valence-corrected chi connectivity index (χ4v) is 3.00. The van der Waals surface area contributed by atoms with Gasteiger partial charge in [-0.1, -0.05) is 18.2 Å². The largest absolute Gasteiger partial charge is 0.490 e. The second kappa shape index (κ2) is 4.85. The fraction of sp³-hybridized carbons (Fsp3) is 0.533. The molecule has 2 aliphatic heterocycles. The third-order valence-electron chi connectivity index (χ3n) is 4.12. The number of benzene rings is 1. The number of ether oxygens (including phenoxy) is 1. The summed E-state index contributed by atoms with van der Waals surface area (Å²) < 4.78 is 5.98. The van der Waals surface area contributed by atoms with Gasteiger partial charge in [-0.2, -0.15) is 0 Å². The van der Waals surface area contributed by atoms with Crippen LogP contribution in [0.15, 0.2) is 18.2 Å². The lowest BCUT2D eigenvalue weighted by Gasteiger charge is -2.27. The average molecular weight is 261 g/mol. The molecule has 2 heterocycles. The Kier molecular flexibility index (Phi) is 3.19. The van der Waals surface area contributed by atoms with Crippen LogP contribution in [0.1, 0.15) is 36.9 Å². The minimum atomic E-state index is -0.714. The van der Waals surface area contributed by atoms with Gasteiger partial charge in [0.25, 0.3) is 0 Å². The van der Waals surface area contributed by atoms with Crippen LogP contribution < -0.4 is 10.1 Å². The van der Waals surface area contributed by atoms with Crippen molar-refractivity contribution >= 4 is 5.97 Å². The van der Waals surface area contributed by atoms with E-state index in [0.29, 0.717) is 13.0 Å². The first-order valence-electron chi connectivity index (χ1n) is 6.90. The van der Waals surface area contributed by atoms with Crippen molar-refractivity contribution < 1.29 is 14.6 Å². The SMILES string of the molecule is CC1CCc2cccc(C3CC(C(=O)O)CN3)c2O1. The van der Waals surface area contributed by atoms with E-state index in [2.05, 4.69) is 24.4 Å². The smallest absolute Gasteiger partial charge is 0.307 e. The zero-order valence-corrected chi connectivity index (χ0v) is 11.1. The zero-order chi connectivity index (χ0) is 13.4. The fourth-order valence-electron chi connectivity index (χ4n) is 3.00. The van der Waals surface area contributed by atoms with Crippen LogP contribution in [-0.2, 0) is 11.2 Å². The first-order valence-corrected chi connectivity index (χ1v) is 6.90. The summed E-state index contributed by atoms with van der Waals surface area (Å²) in [4.78, 5) is 11.0. The number of carbonyl (C=O) groups is 1. The van der Waals surface area contributed by atoms with E-state index in [1.807, 2.05) is 6.07 Å². The van der Waals surface area contributed by atoms with E-state index in [4.69, 9.17) is 9.84 Å². The van der Waals surface area contributed by atoms with E-state index >= 15 is 0 Å². The van der Waals surface area contributed by atoms with E-state index in [1.165, 1.54) is 5.56 Å². The Morgan fingerprint density at radius 2 is 2.32 bits per heavy atom. The number of para-hydroxylation sites is 1. The highest BCUT2D eigenvalue weighted by molar-refractivity contribution is 5.71. The van der Waals surface area contributed by atoms with Crippen molar-refractivity contribution in [1.82, 2.24) is 5.32 Å². The number of hydrogen-bond donors (Lipinski definition) is 2. The van der Waals surface area contributed by atoms with Crippen molar-refractivity contribution in [3.8, 4) is 5.75 Å². The van der Waals surface area contributed by atoms with Gasteiger partial charge in [-0.3, -0.25) is 4.79 Å². The third-order valence-corrected chi connectivity index (χ3v) is 4.12. The van der Waals surface area contributed by atoms with Crippen LogP contribution in [0, 0.1) is 5.92 Å². The molecule has 0 radical (unpaired) electrons. The Morgan fingerprint density at radius 3 is 3.05 bits per heavy atom. The molecule has 3 atom stereocenters. The number of aliphatic carboxylic acids is 1. The monoisotopic (exact) mass is 261 g/mol. The Morgan fingerprint density at radius 1 is 1.47 bits per heavy atom. The molecule has 1 fully saturated rings. The maximum Gasteiger partial charge on any atom is 0.307 e. The standard InChI is InChI=1S/C15H19NO3/c1-9-5-6-10-3-2-4-12(14(10)19-9)13-7-11(8-16-13)15(17)18/h2-4,9,11,13,16H,5-8H2,1H3,(H,17,18). The normalized spacial score (nSPS) is 29.6. The molecule has 4 heteroatoms. The van der Waals surface area contributed by atoms with E-state index in [9.17, 15) is 4.79 Å². The maximum absolute atomic E-state index is 11.0. The Balaban J connectivity index is 1.88. The number of nitrogens with one attached hydrogen (secondary N) is 1. The number of carboxylic acid groups (broad SMARTS) is 1. The molecule has 3 unspecified atom stereocenters. The summed E-state index contributed by atoms with van der Waals surface area (Å²) in [5, 5.41) is 12.4. The van der Waals surface area contributed by atoms with Gasteiger partial charge in [0.05, 0.1) is 12.0 Å². The molecule has 4 nitrogen and oxygen atoms in total. The van der Waals surface area contributed by atoms with Crippen LogP contribution in [0.25, 0.3) is 0 Å². The highest BCUT2D eigenvalue weighted by atomic mass is 16.5. The van der Waals surface area contributed by atoms with Crippen molar-refractivity contribution in [3.05, 3.63) is 29.3 Å². The predicted molar refractivity (Wildman–Crippen MR) is 71.3 cm³/mol. The molecule has 0 spiro atoms. The minimum absolute atomic E-state index is 0.0985. The van der Waals surface area contributed by atoms with Crippen LogP contribution in [0.3, 0.4) is 0 Å². The van der Waals surface area contributed by atoms with Gasteiger partial charge < -0.3 is 15.2 Å². The molecule has 3 rings (SSSR count). The molecule has 0 saturated carbocycles. The molecule has 1 aromatic carbocycles. The Hall–Kier alpha value is -1.55. The van der Waals surface area contributed by atoms with Crippen molar-refractivity contribution in [2.24, 2.45) is 5.92 Å². The zero-order valence-electron chi connectivity index (χ0n) is 11.1. The number of aryl methyl sites for hydroxylation is 1. The molecule has 0 bridgehead atoms. The molecule has 0 amide bonds. The van der Waals surface area contributed by atoms with Crippen LogP contribution in [0.5, 0.6) is 5.75 Å². The van der Waals surface area contributed by atoms with Gasteiger partial charge in [-0.25, -0.2) is 0 Å². The summed E-state index contributed by atoms with van der Waals surface area (Å²) >= 11 is 0. The van der Waals surface area contributed by atoms with Crippen molar-refractivity contribution in [2.45, 2.75) is 38.3 Å². The summed E-state index contributed by atoms with van der Waals surface area (Å²) in [6.07, 6.45) is 2.97. The summed E-state index contributed by atoms with van der Waals surface area (Å²) in [5.41, 5.74) is 2.36. The van der Waals surface area contributed by atoms with Crippen molar-refractivity contribution in [3.63, 3.8) is 0 Å². The van der Waals surface area contributed by atoms with Crippen LogP contribution >= 0.6 is 0 Å². The average Bonchev–Trinajstić information content (AvgIpc) is 2.87. The van der Waals surface area contributed by atoms with Crippen LogP contribution in [0.2, 0.25) is 0 Å². The molecule has 19 heavy (non-hydrogen) atoms. The molecule has 1 saturated heterocycles. The lowest BCUT2D eigenvalue weighted by atomic mass is 9.94. The van der Waals surface area contributed by atoms with Gasteiger partial charge in [-0.15, -0.1) is 0 Å². The molecule has 102 valence electrons. The predicted octanol–water partition coefficient (Wildman–Crippen LogP) is 2.14. The highest BCUT2D eigenvalue weighted by Crippen LogP contribution is 2.38. The number of hydrogen-bond acceptors (Lipinski definition) is 3. The Bertz CT molecular complexity index is 500. The second-order valence-corrected chi connectivity index (χ2v) is 5.53. The first kappa shape index (κ1) is 12.5. The van der Waals surface area contributed by atoms with Gasteiger partial charge in [-0.05, 0) is 31.7 Å². The van der Waals surface area contributed by atoms with Crippen molar-refractivity contribution in [2.75, 3.05) is 6.54 Å². The van der Waals surface area contributed by atoms with Gasteiger partial charge in [0.2, 0.25) is 0 Å². The quantitative estimate of drug-likeness (QED) is 0.856. The molecule has 0 aromatic heterocycles. The third kappa shape index (κ3) is 2.32. The summed E-state index contributed by atoms with van der Waals surface area (Å²) in [5.74, 6) is -0.0271. The molecular formula is C15H19NO3. The maximum atomic E-state index is 11.0. The van der Waals surface area contributed by atoms with E-state index in [0.717, 1.165) is 24.2 Å². The van der Waals surface area contributed by atoms with Crippen molar-refractivity contribution in [1.29, 1.82) is 0 Å². The van der Waals surface area contributed by atoms with Gasteiger partial charge in [0, 0.05) is 18.2 Å². The molecule has 1 aromatic rings. The topological polar surface area (TPSA) is 58.6 Å². The number of carboxylic acids is 1. The second-order valence-electron chi connectivity index (χ2n) is 5.53. The minimum Gasteiger partial charge on any atom is -0.490 e. The number of rotatable bonds is 2. The van der Waals surface area contributed by atoms with E-state index < -0.39 is 5.97 Å². The van der Waals surface area contributed by atoms with Gasteiger partial charge in [0.1, 0.15) is 5.75 Å². The summed E-state index contributed by atoms with van der Waals surface area (Å²) in [7, 11) is 0. The highest BCUT2D eigenvalue weighted by Gasteiger charge is 2.33. The lowest BCUT2D eigenvalue weighted by Crippen LogP contribution is -2.22. The summed E-state index contributed by atoms with van der Waals surface area (Å²) in [6.45, 7) is 2.63. The molecular weight excluding hydrogens is 242 g/mol. The summed E-state index contributed by atoms with van der Waals surface area (Å²) in [6, 6.07) is 6.30. The van der Waals surface area contributed by atoms with Gasteiger partial charge in [0.15, 0.2) is 0 Å². The van der Waals surface area contributed by atoms with Gasteiger partial charge >= 0.3 is 5.97 Å². The Labute approximate surface area is 112 Å². The molecule has 2 aliphatic rings. The first-order chi connectivity index (χ1) is 9.15. The number of fused-ring (bicyclic) bond motifs is 1. The van der Waals surface area contributed by atoms with E-state index in [1.54, 1.807) is 0 Å². The van der Waals surface area contributed by atoms with Crippen LogP contribution in [-0.4, -0.2) is 23.7 Å². The van der Waals surface area contributed by atoms with E-state index in [-0.39, 0.29) is 18.1 Å².